The van der Waals surface area contributed by atoms with Gasteiger partial charge in [0, 0.05) is 5.56 Å². The maximum absolute atomic E-state index is 12.3. The Hall–Kier alpha value is -4.40. The van der Waals surface area contributed by atoms with E-state index in [0.717, 1.165) is 0 Å². The summed E-state index contributed by atoms with van der Waals surface area (Å²) in [5, 5.41) is 28.7. The molecule has 2 aromatic carbocycles. The van der Waals surface area contributed by atoms with Crippen LogP contribution in [0.4, 0.5) is 5.82 Å². The predicted molar refractivity (Wildman–Crippen MR) is 103 cm³/mol. The lowest BCUT2D eigenvalue weighted by Crippen LogP contribution is -2.24. The molecule has 9 heteroatoms. The van der Waals surface area contributed by atoms with Gasteiger partial charge in [-0.25, -0.2) is 14.4 Å². The highest BCUT2D eigenvalue weighted by atomic mass is 16.4. The molecular weight excluding hydrogens is 380 g/mol. The van der Waals surface area contributed by atoms with E-state index in [1.54, 1.807) is 12.1 Å². The van der Waals surface area contributed by atoms with Crippen LogP contribution in [0.25, 0.3) is 22.3 Å². The molecule has 29 heavy (non-hydrogen) atoms. The Labute approximate surface area is 162 Å². The topological polar surface area (TPSA) is 171 Å². The van der Waals surface area contributed by atoms with Crippen LogP contribution in [0.2, 0.25) is 0 Å². The molecule has 0 aliphatic rings. The Morgan fingerprint density at radius 1 is 0.724 bits per heavy atom. The average Bonchev–Trinajstić information content (AvgIpc) is 2.66. The smallest absolute Gasteiger partial charge is 0.342 e. The summed E-state index contributed by atoms with van der Waals surface area (Å²) >= 11 is 0. The lowest BCUT2D eigenvalue weighted by atomic mass is 9.88. The van der Waals surface area contributed by atoms with Gasteiger partial charge in [-0.15, -0.1) is 0 Å². The number of nitrogens with two attached hydrogens (primary N) is 1. The number of aromatic nitrogens is 1. The third-order valence-electron chi connectivity index (χ3n) is 4.32. The van der Waals surface area contributed by atoms with E-state index in [9.17, 15) is 34.5 Å². The third-order valence-corrected chi connectivity index (χ3v) is 4.32. The maximum Gasteiger partial charge on any atom is 0.342 e. The first-order valence-corrected chi connectivity index (χ1v) is 8.18. The van der Waals surface area contributed by atoms with E-state index < -0.39 is 46.0 Å². The van der Waals surface area contributed by atoms with Gasteiger partial charge in [-0.05, 0) is 22.8 Å². The van der Waals surface area contributed by atoms with Crippen molar-refractivity contribution >= 4 is 23.7 Å². The molecule has 0 atom stereocenters. The molecule has 3 aromatic rings. The highest BCUT2D eigenvalue weighted by Gasteiger charge is 2.28. The molecule has 0 radical (unpaired) electrons. The lowest BCUT2D eigenvalue weighted by molar-refractivity contribution is 0.0682. The number of nitrogen functional groups attached to an aromatic ring is 1. The molecule has 3 rings (SSSR count). The van der Waals surface area contributed by atoms with Gasteiger partial charge in [-0.3, -0.25) is 4.79 Å². The fourth-order valence-electron chi connectivity index (χ4n) is 3.16. The Kier molecular flexibility index (Phi) is 4.88. The van der Waals surface area contributed by atoms with Gasteiger partial charge in [-0.1, -0.05) is 42.5 Å². The summed E-state index contributed by atoms with van der Waals surface area (Å²) in [4.78, 5) is 49.6. The maximum atomic E-state index is 12.3. The van der Waals surface area contributed by atoms with Gasteiger partial charge in [0.25, 0.3) is 5.56 Å². The van der Waals surface area contributed by atoms with Crippen LogP contribution >= 0.6 is 0 Å². The molecule has 1 aromatic heterocycles. The van der Waals surface area contributed by atoms with Crippen LogP contribution in [-0.4, -0.2) is 38.2 Å². The number of pyridine rings is 1. The third kappa shape index (κ3) is 3.32. The minimum Gasteiger partial charge on any atom is -0.478 e. The summed E-state index contributed by atoms with van der Waals surface area (Å²) in [7, 11) is 0. The van der Waals surface area contributed by atoms with Crippen LogP contribution < -0.4 is 11.3 Å². The van der Waals surface area contributed by atoms with E-state index in [2.05, 4.69) is 0 Å². The average molecular weight is 394 g/mol. The van der Waals surface area contributed by atoms with Gasteiger partial charge in [0.05, 0.1) is 5.56 Å². The van der Waals surface area contributed by atoms with Crippen LogP contribution in [0.1, 0.15) is 31.1 Å². The molecule has 0 saturated carbocycles. The van der Waals surface area contributed by atoms with Gasteiger partial charge < -0.3 is 26.0 Å². The number of rotatable bonds is 5. The van der Waals surface area contributed by atoms with Crippen LogP contribution in [0.5, 0.6) is 0 Å². The first-order chi connectivity index (χ1) is 13.7. The van der Waals surface area contributed by atoms with Crippen molar-refractivity contribution in [2.24, 2.45) is 0 Å². The van der Waals surface area contributed by atoms with Crippen molar-refractivity contribution in [1.29, 1.82) is 0 Å². The van der Waals surface area contributed by atoms with E-state index >= 15 is 0 Å². The zero-order chi connectivity index (χ0) is 21.3. The number of aromatic carboxylic acids is 3. The van der Waals surface area contributed by atoms with Gasteiger partial charge in [0.1, 0.15) is 16.9 Å². The zero-order valence-electron chi connectivity index (χ0n) is 14.7. The number of benzene rings is 2. The minimum atomic E-state index is -1.65. The molecule has 1 heterocycles. The molecular formula is C20H14N2O7. The molecule has 0 fully saturated rings. The molecule has 146 valence electrons. The van der Waals surface area contributed by atoms with Crippen LogP contribution in [-0.2, 0) is 0 Å². The number of anilines is 1. The van der Waals surface area contributed by atoms with Crippen molar-refractivity contribution in [3.05, 3.63) is 75.6 Å². The van der Waals surface area contributed by atoms with Crippen LogP contribution in [0, 0.1) is 0 Å². The molecule has 0 unspecified atom stereocenters. The number of carbonyl (C=O) groups is 3. The van der Waals surface area contributed by atoms with Gasteiger partial charge in [-0.2, -0.15) is 0 Å². The molecule has 0 saturated heterocycles. The van der Waals surface area contributed by atoms with E-state index in [4.69, 9.17) is 5.73 Å². The van der Waals surface area contributed by atoms with E-state index in [-0.39, 0.29) is 22.3 Å². The molecule has 0 aliphatic heterocycles. The zero-order valence-corrected chi connectivity index (χ0v) is 14.7. The SMILES string of the molecule is Nc1[nH]c(=O)c(C(=O)O)c(-c2ccccc2-c2ccccc2C(=O)O)c1C(=O)O. The van der Waals surface area contributed by atoms with Crippen molar-refractivity contribution in [2.75, 3.05) is 5.73 Å². The fraction of sp³-hybridized carbons (Fsp3) is 0. The predicted octanol–water partition coefficient (Wildman–Crippen LogP) is 2.39. The summed E-state index contributed by atoms with van der Waals surface area (Å²) in [5.41, 5.74) is 3.23. The number of hydrogen-bond acceptors (Lipinski definition) is 5. The Morgan fingerprint density at radius 3 is 1.79 bits per heavy atom. The van der Waals surface area contributed by atoms with Gasteiger partial charge in [0.2, 0.25) is 0 Å². The lowest BCUT2D eigenvalue weighted by Gasteiger charge is -2.16. The standard InChI is InChI=1S/C20H14N2O7/c21-16-14(19(26)27)13(15(20(28)29)17(23)22-16)11-7-3-1-5-9(11)10-6-2-4-8-12(10)18(24)25/h1-8H,(H,24,25)(H,26,27)(H,28,29)(H3,21,22,23). The Morgan fingerprint density at radius 2 is 1.24 bits per heavy atom. The monoisotopic (exact) mass is 394 g/mol. The Bertz CT molecular complexity index is 1230. The summed E-state index contributed by atoms with van der Waals surface area (Å²) < 4.78 is 0. The van der Waals surface area contributed by atoms with E-state index in [1.807, 2.05) is 4.98 Å². The normalized spacial score (nSPS) is 10.5. The molecule has 6 N–H and O–H groups in total. The second-order valence-electron chi connectivity index (χ2n) is 6.00. The quantitative estimate of drug-likeness (QED) is 0.439. The molecule has 0 aliphatic carbocycles. The largest absolute Gasteiger partial charge is 0.478 e. The number of H-pyrrole nitrogens is 1. The number of nitrogens with one attached hydrogen (secondary N) is 1. The summed E-state index contributed by atoms with van der Waals surface area (Å²) in [6.07, 6.45) is 0. The van der Waals surface area contributed by atoms with Gasteiger partial charge >= 0.3 is 17.9 Å². The number of carboxylic acid groups (broad SMARTS) is 3. The fourth-order valence-corrected chi connectivity index (χ4v) is 3.16. The number of carboxylic acids is 3. The van der Waals surface area contributed by atoms with E-state index in [0.29, 0.717) is 0 Å². The van der Waals surface area contributed by atoms with Crippen molar-refractivity contribution in [2.45, 2.75) is 0 Å². The Balaban J connectivity index is 2.51. The number of aromatic amines is 1. The van der Waals surface area contributed by atoms with E-state index in [1.165, 1.54) is 36.4 Å². The summed E-state index contributed by atoms with van der Waals surface area (Å²) in [6.45, 7) is 0. The highest BCUT2D eigenvalue weighted by molar-refractivity contribution is 6.10. The molecule has 9 nitrogen and oxygen atoms in total. The summed E-state index contributed by atoms with van der Waals surface area (Å²) in [6, 6.07) is 12.0. The second kappa shape index (κ2) is 7.31. The minimum absolute atomic E-state index is 0.0498. The second-order valence-corrected chi connectivity index (χ2v) is 6.00. The van der Waals surface area contributed by atoms with Crippen molar-refractivity contribution < 1.29 is 29.7 Å². The van der Waals surface area contributed by atoms with Crippen molar-refractivity contribution in [3.8, 4) is 22.3 Å². The van der Waals surface area contributed by atoms with Crippen molar-refractivity contribution in [3.63, 3.8) is 0 Å². The highest BCUT2D eigenvalue weighted by Crippen LogP contribution is 2.37. The first kappa shape index (κ1) is 19.4. The summed E-state index contributed by atoms with van der Waals surface area (Å²) in [5.74, 6) is -4.93. The van der Waals surface area contributed by atoms with Crippen LogP contribution in [0.3, 0.4) is 0 Å². The molecule has 0 amide bonds. The van der Waals surface area contributed by atoms with Crippen LogP contribution in [0.15, 0.2) is 53.3 Å². The van der Waals surface area contributed by atoms with Gasteiger partial charge in [0.15, 0.2) is 0 Å². The first-order valence-electron chi connectivity index (χ1n) is 8.18. The number of hydrogen-bond donors (Lipinski definition) is 5. The van der Waals surface area contributed by atoms with Crippen molar-refractivity contribution in [1.82, 2.24) is 4.98 Å². The molecule has 0 bridgehead atoms. The molecule has 0 spiro atoms.